The molecule has 0 spiro atoms. The van der Waals surface area contributed by atoms with E-state index in [1.165, 1.54) is 0 Å². The fourth-order valence-corrected chi connectivity index (χ4v) is 3.76. The minimum Gasteiger partial charge on any atom is -0.384 e. The Morgan fingerprint density at radius 3 is 2.48 bits per heavy atom. The molecule has 0 atom stereocenters. The molecule has 3 rings (SSSR count). The zero-order valence-corrected chi connectivity index (χ0v) is 16.9. The van der Waals surface area contributed by atoms with E-state index in [9.17, 15) is 4.79 Å². The third-order valence-electron chi connectivity index (χ3n) is 3.85. The van der Waals surface area contributed by atoms with Gasteiger partial charge in [0.25, 0.3) is 5.91 Å². The zero-order valence-electron chi connectivity index (χ0n) is 15.2. The summed E-state index contributed by atoms with van der Waals surface area (Å²) in [7, 11) is 0. The van der Waals surface area contributed by atoms with E-state index in [-0.39, 0.29) is 18.3 Å². The minimum absolute atomic E-state index is 0. The number of nitrogens with zero attached hydrogens (tertiary/aromatic N) is 1. The van der Waals surface area contributed by atoms with Gasteiger partial charge in [-0.05, 0) is 66.9 Å². The normalized spacial score (nSPS) is 10.1. The molecule has 2 aromatic carbocycles. The van der Waals surface area contributed by atoms with Crippen molar-refractivity contribution in [1.82, 2.24) is 4.98 Å². The summed E-state index contributed by atoms with van der Waals surface area (Å²) in [4.78, 5) is 17.7. The van der Waals surface area contributed by atoms with E-state index in [4.69, 9.17) is 5.73 Å². The van der Waals surface area contributed by atoms with Gasteiger partial charge in [0, 0.05) is 22.5 Å². The Morgan fingerprint density at radius 2 is 1.78 bits per heavy atom. The number of thioether (sulfide) groups is 1. The molecular formula is C21H22ClN3OS. The molecule has 0 unspecified atom stereocenters. The molecule has 0 saturated heterocycles. The summed E-state index contributed by atoms with van der Waals surface area (Å²) in [6, 6.07) is 17.4. The number of benzene rings is 2. The average Bonchev–Trinajstić information content (AvgIpc) is 2.59. The molecule has 140 valence electrons. The van der Waals surface area contributed by atoms with Crippen LogP contribution < -0.4 is 11.1 Å². The quantitative estimate of drug-likeness (QED) is 0.575. The third kappa shape index (κ3) is 5.74. The van der Waals surface area contributed by atoms with Crippen LogP contribution in [-0.4, -0.2) is 10.9 Å². The van der Waals surface area contributed by atoms with Gasteiger partial charge in [-0.15, -0.1) is 24.2 Å². The van der Waals surface area contributed by atoms with Crippen LogP contribution in [0.4, 0.5) is 11.5 Å². The van der Waals surface area contributed by atoms with E-state index in [2.05, 4.69) is 16.4 Å². The highest BCUT2D eigenvalue weighted by molar-refractivity contribution is 7.98. The molecule has 3 N–H and O–H groups in total. The molecule has 0 radical (unpaired) electrons. The van der Waals surface area contributed by atoms with E-state index < -0.39 is 0 Å². The maximum atomic E-state index is 12.8. The molecule has 0 fully saturated rings. The lowest BCUT2D eigenvalue weighted by Gasteiger charge is -2.11. The topological polar surface area (TPSA) is 68.0 Å². The van der Waals surface area contributed by atoms with Crippen LogP contribution in [0.2, 0.25) is 0 Å². The van der Waals surface area contributed by atoms with Crippen LogP contribution in [0.15, 0.2) is 65.7 Å². The largest absolute Gasteiger partial charge is 0.384 e. The van der Waals surface area contributed by atoms with Gasteiger partial charge in [-0.1, -0.05) is 18.2 Å². The molecule has 4 nitrogen and oxygen atoms in total. The molecule has 6 heteroatoms. The molecule has 0 aliphatic carbocycles. The number of nitrogens with two attached hydrogens (primary N) is 1. The van der Waals surface area contributed by atoms with Crippen molar-refractivity contribution in [2.45, 2.75) is 24.5 Å². The summed E-state index contributed by atoms with van der Waals surface area (Å²) in [5.74, 6) is 1.12. The summed E-state index contributed by atoms with van der Waals surface area (Å²) < 4.78 is 0. The highest BCUT2D eigenvalue weighted by Gasteiger charge is 2.12. The number of hydrogen-bond donors (Lipinski definition) is 2. The molecule has 1 aromatic heterocycles. The first-order chi connectivity index (χ1) is 12.5. The van der Waals surface area contributed by atoms with Gasteiger partial charge in [-0.2, -0.15) is 0 Å². The second kappa shape index (κ2) is 9.44. The van der Waals surface area contributed by atoms with Gasteiger partial charge in [0.15, 0.2) is 0 Å². The van der Waals surface area contributed by atoms with Crippen LogP contribution >= 0.6 is 24.2 Å². The van der Waals surface area contributed by atoms with E-state index in [1.807, 2.05) is 62.4 Å². The summed E-state index contributed by atoms with van der Waals surface area (Å²) in [6.07, 6.45) is 1.70. The number of nitrogens with one attached hydrogen (secondary N) is 1. The Kier molecular flexibility index (Phi) is 7.28. The van der Waals surface area contributed by atoms with Crippen molar-refractivity contribution in [3.63, 3.8) is 0 Å². The van der Waals surface area contributed by atoms with Crippen molar-refractivity contribution in [2.24, 2.45) is 0 Å². The first-order valence-corrected chi connectivity index (χ1v) is 9.32. The number of aryl methyl sites for hydroxylation is 2. The average molecular weight is 400 g/mol. The van der Waals surface area contributed by atoms with Gasteiger partial charge in [0.05, 0.1) is 5.56 Å². The van der Waals surface area contributed by atoms with Crippen LogP contribution in [0.25, 0.3) is 0 Å². The molecule has 0 saturated carbocycles. The number of carbonyl (C=O) groups excluding carboxylic acids is 1. The highest BCUT2D eigenvalue weighted by Crippen LogP contribution is 2.27. The lowest BCUT2D eigenvalue weighted by Crippen LogP contribution is -2.13. The maximum Gasteiger partial charge on any atom is 0.256 e. The number of aromatic nitrogens is 1. The molecular weight excluding hydrogens is 378 g/mol. The Morgan fingerprint density at radius 1 is 1.07 bits per heavy atom. The fraction of sp³-hybridized carbons (Fsp3) is 0.143. The van der Waals surface area contributed by atoms with Crippen LogP contribution in [0.3, 0.4) is 0 Å². The Balaban J connectivity index is 0.00000261. The van der Waals surface area contributed by atoms with Crippen molar-refractivity contribution in [2.75, 3.05) is 11.1 Å². The number of amides is 1. The Hall–Kier alpha value is -2.50. The first kappa shape index (κ1) is 20.8. The summed E-state index contributed by atoms with van der Waals surface area (Å²) >= 11 is 1.61. The van der Waals surface area contributed by atoms with Gasteiger partial charge in [0.2, 0.25) is 0 Å². The summed E-state index contributed by atoms with van der Waals surface area (Å²) in [5.41, 5.74) is 10.5. The minimum atomic E-state index is -0.104. The second-order valence-corrected chi connectivity index (χ2v) is 7.22. The second-order valence-electron chi connectivity index (χ2n) is 6.20. The molecule has 1 amide bonds. The van der Waals surface area contributed by atoms with E-state index in [1.54, 1.807) is 18.0 Å². The number of hydrogen-bond acceptors (Lipinski definition) is 4. The highest BCUT2D eigenvalue weighted by atomic mass is 35.5. The lowest BCUT2D eigenvalue weighted by molar-refractivity contribution is 0.102. The molecule has 0 aliphatic rings. The van der Waals surface area contributed by atoms with Crippen LogP contribution in [0.1, 0.15) is 27.0 Å². The number of rotatable bonds is 5. The van der Waals surface area contributed by atoms with Crippen molar-refractivity contribution < 1.29 is 4.79 Å². The van der Waals surface area contributed by atoms with Gasteiger partial charge in [-0.3, -0.25) is 4.79 Å². The molecule has 1 heterocycles. The molecule has 3 aromatic rings. The van der Waals surface area contributed by atoms with Crippen LogP contribution in [0.5, 0.6) is 0 Å². The van der Waals surface area contributed by atoms with Gasteiger partial charge in [-0.25, -0.2) is 4.98 Å². The standard InChI is InChI=1S/C21H21N3OS.ClH/c1-14-9-15(2)11-17(10-14)24-21(25)18-5-3-4-6-19(18)26-13-16-7-8-23-20(22)12-16;/h3-12H,13H2,1-2H3,(H2,22,23)(H,24,25);1H. The van der Waals surface area contributed by atoms with Crippen LogP contribution in [-0.2, 0) is 5.75 Å². The number of halogens is 1. The SMILES string of the molecule is Cc1cc(C)cc(NC(=O)c2ccccc2SCc2ccnc(N)c2)c1.Cl. The van der Waals surface area contributed by atoms with E-state index in [0.717, 1.165) is 33.0 Å². The van der Waals surface area contributed by atoms with E-state index >= 15 is 0 Å². The van der Waals surface area contributed by atoms with Crippen LogP contribution in [0, 0.1) is 13.8 Å². The number of pyridine rings is 1. The molecule has 0 bridgehead atoms. The first-order valence-electron chi connectivity index (χ1n) is 8.33. The lowest BCUT2D eigenvalue weighted by atomic mass is 10.1. The van der Waals surface area contributed by atoms with Gasteiger partial charge in [0.1, 0.15) is 5.82 Å². The Labute approximate surface area is 170 Å². The molecule has 0 aliphatic heterocycles. The third-order valence-corrected chi connectivity index (χ3v) is 5.00. The van der Waals surface area contributed by atoms with Crippen molar-refractivity contribution in [3.8, 4) is 0 Å². The monoisotopic (exact) mass is 399 g/mol. The van der Waals surface area contributed by atoms with Gasteiger partial charge < -0.3 is 11.1 Å². The summed E-state index contributed by atoms with van der Waals surface area (Å²) in [5, 5.41) is 3.01. The number of anilines is 2. The Bertz CT molecular complexity index is 926. The number of nitrogen functional groups attached to an aromatic ring is 1. The van der Waals surface area contributed by atoms with Crippen molar-refractivity contribution in [1.29, 1.82) is 0 Å². The van der Waals surface area contributed by atoms with Gasteiger partial charge >= 0.3 is 0 Å². The molecule has 27 heavy (non-hydrogen) atoms. The van der Waals surface area contributed by atoms with E-state index in [0.29, 0.717) is 11.4 Å². The fourth-order valence-electron chi connectivity index (χ4n) is 2.77. The van der Waals surface area contributed by atoms with Crippen molar-refractivity contribution >= 4 is 41.6 Å². The number of carbonyl (C=O) groups is 1. The predicted octanol–water partition coefficient (Wildman–Crippen LogP) is 5.25. The smallest absolute Gasteiger partial charge is 0.256 e. The van der Waals surface area contributed by atoms with Crippen molar-refractivity contribution in [3.05, 3.63) is 83.0 Å². The maximum absolute atomic E-state index is 12.8. The zero-order chi connectivity index (χ0) is 18.5. The predicted molar refractivity (Wildman–Crippen MR) is 116 cm³/mol. The summed E-state index contributed by atoms with van der Waals surface area (Å²) in [6.45, 7) is 4.04.